The molecule has 0 aliphatic carbocycles. The van der Waals surface area contributed by atoms with Gasteiger partial charge in [-0.25, -0.2) is 4.79 Å². The standard InChI is InChI=1S/C14H10N4O4S/c1-8(11-15-16-13(21-11)10-5-3-7-23-10)18-14(19)22-12(17-18)9-4-2-6-20-9/h2-8H,1H3/t8-/m1/s1. The van der Waals surface area contributed by atoms with Crippen LogP contribution < -0.4 is 5.76 Å². The molecule has 9 heteroatoms. The molecule has 0 aromatic carbocycles. The highest BCUT2D eigenvalue weighted by Crippen LogP contribution is 2.26. The molecule has 23 heavy (non-hydrogen) atoms. The molecule has 4 rings (SSSR count). The summed E-state index contributed by atoms with van der Waals surface area (Å²) in [6, 6.07) is 6.55. The summed E-state index contributed by atoms with van der Waals surface area (Å²) < 4.78 is 17.0. The van der Waals surface area contributed by atoms with E-state index in [0.717, 1.165) is 9.56 Å². The number of rotatable bonds is 4. The average molecular weight is 330 g/mol. The van der Waals surface area contributed by atoms with Crippen molar-refractivity contribution in [1.29, 1.82) is 0 Å². The normalized spacial score (nSPS) is 12.6. The summed E-state index contributed by atoms with van der Waals surface area (Å²) in [5.74, 6) is 0.530. The van der Waals surface area contributed by atoms with E-state index in [1.54, 1.807) is 19.1 Å². The maximum Gasteiger partial charge on any atom is 0.438 e. The van der Waals surface area contributed by atoms with Gasteiger partial charge in [0.25, 0.3) is 11.8 Å². The van der Waals surface area contributed by atoms with Crippen molar-refractivity contribution in [2.24, 2.45) is 0 Å². The zero-order valence-electron chi connectivity index (χ0n) is 11.9. The van der Waals surface area contributed by atoms with E-state index in [1.807, 2.05) is 17.5 Å². The van der Waals surface area contributed by atoms with Crippen molar-refractivity contribution in [3.8, 4) is 22.4 Å². The molecule has 0 spiro atoms. The van der Waals surface area contributed by atoms with Crippen molar-refractivity contribution in [2.75, 3.05) is 0 Å². The molecule has 8 nitrogen and oxygen atoms in total. The minimum absolute atomic E-state index is 0.102. The predicted octanol–water partition coefficient (Wildman–Crippen LogP) is 2.82. The van der Waals surface area contributed by atoms with Gasteiger partial charge in [0.2, 0.25) is 5.89 Å². The molecule has 0 saturated heterocycles. The van der Waals surface area contributed by atoms with E-state index < -0.39 is 11.8 Å². The van der Waals surface area contributed by atoms with Crippen LogP contribution in [0.15, 0.2) is 54.0 Å². The van der Waals surface area contributed by atoms with Crippen LogP contribution in [0.5, 0.6) is 0 Å². The molecule has 1 atom stereocenters. The molecule has 0 amide bonds. The van der Waals surface area contributed by atoms with E-state index in [2.05, 4.69) is 15.3 Å². The maximum absolute atomic E-state index is 12.0. The highest BCUT2D eigenvalue weighted by molar-refractivity contribution is 7.13. The monoisotopic (exact) mass is 330 g/mol. The zero-order chi connectivity index (χ0) is 15.8. The van der Waals surface area contributed by atoms with E-state index >= 15 is 0 Å². The fourth-order valence-corrected chi connectivity index (χ4v) is 2.69. The van der Waals surface area contributed by atoms with E-state index in [0.29, 0.717) is 11.7 Å². The second-order valence-electron chi connectivity index (χ2n) is 4.69. The Hall–Kier alpha value is -2.94. The summed E-state index contributed by atoms with van der Waals surface area (Å²) >= 11 is 1.49. The first-order valence-corrected chi connectivity index (χ1v) is 7.61. The first kappa shape index (κ1) is 13.7. The lowest BCUT2D eigenvalue weighted by Crippen LogP contribution is -2.21. The second kappa shape index (κ2) is 5.36. The van der Waals surface area contributed by atoms with E-state index in [1.165, 1.54) is 17.6 Å². The predicted molar refractivity (Wildman–Crippen MR) is 79.9 cm³/mol. The van der Waals surface area contributed by atoms with E-state index in [9.17, 15) is 4.79 Å². The Labute approximate surface area is 133 Å². The van der Waals surface area contributed by atoms with Crippen molar-refractivity contribution in [1.82, 2.24) is 20.0 Å². The van der Waals surface area contributed by atoms with Crippen LogP contribution in [0.3, 0.4) is 0 Å². The average Bonchev–Trinajstić information content (AvgIpc) is 3.31. The number of aromatic nitrogens is 4. The smallest absolute Gasteiger partial charge is 0.438 e. The Morgan fingerprint density at radius 1 is 1.17 bits per heavy atom. The summed E-state index contributed by atoms with van der Waals surface area (Å²) in [7, 11) is 0. The molecule has 0 radical (unpaired) electrons. The molecule has 0 N–H and O–H groups in total. The highest BCUT2D eigenvalue weighted by Gasteiger charge is 2.23. The molecule has 4 aromatic heterocycles. The highest BCUT2D eigenvalue weighted by atomic mass is 32.1. The molecule has 0 fully saturated rings. The zero-order valence-corrected chi connectivity index (χ0v) is 12.7. The fourth-order valence-electron chi connectivity index (χ4n) is 2.04. The molecule has 116 valence electrons. The molecular formula is C14H10N4O4S. The van der Waals surface area contributed by atoms with Crippen LogP contribution >= 0.6 is 11.3 Å². The first-order chi connectivity index (χ1) is 11.2. The van der Waals surface area contributed by atoms with Crippen LogP contribution in [0.4, 0.5) is 0 Å². The lowest BCUT2D eigenvalue weighted by atomic mass is 10.3. The largest absolute Gasteiger partial charge is 0.459 e. The maximum atomic E-state index is 12.0. The first-order valence-electron chi connectivity index (χ1n) is 6.73. The molecule has 4 aromatic rings. The lowest BCUT2D eigenvalue weighted by molar-refractivity contribution is 0.391. The summed E-state index contributed by atoms with van der Waals surface area (Å²) in [4.78, 5) is 12.9. The Bertz CT molecular complexity index is 965. The third-order valence-electron chi connectivity index (χ3n) is 3.20. The van der Waals surface area contributed by atoms with Gasteiger partial charge in [-0.2, -0.15) is 4.68 Å². The van der Waals surface area contributed by atoms with Gasteiger partial charge in [-0.1, -0.05) is 6.07 Å². The number of hydrogen-bond donors (Lipinski definition) is 0. The number of nitrogens with zero attached hydrogens (tertiary/aromatic N) is 4. The van der Waals surface area contributed by atoms with Crippen molar-refractivity contribution in [3.05, 3.63) is 52.4 Å². The van der Waals surface area contributed by atoms with E-state index in [-0.39, 0.29) is 11.8 Å². The van der Waals surface area contributed by atoms with Crippen LogP contribution in [-0.2, 0) is 0 Å². The number of hydrogen-bond acceptors (Lipinski definition) is 8. The van der Waals surface area contributed by atoms with Gasteiger partial charge < -0.3 is 13.3 Å². The van der Waals surface area contributed by atoms with Crippen LogP contribution in [0, 0.1) is 0 Å². The summed E-state index contributed by atoms with van der Waals surface area (Å²) in [5.41, 5.74) is 0. The minimum Gasteiger partial charge on any atom is -0.459 e. The van der Waals surface area contributed by atoms with Crippen molar-refractivity contribution >= 4 is 11.3 Å². The number of thiophene rings is 1. The van der Waals surface area contributed by atoms with Gasteiger partial charge in [-0.05, 0) is 30.5 Å². The van der Waals surface area contributed by atoms with Gasteiger partial charge in [0.15, 0.2) is 5.76 Å². The quantitative estimate of drug-likeness (QED) is 0.567. The fraction of sp³-hybridized carbons (Fsp3) is 0.143. The van der Waals surface area contributed by atoms with Crippen molar-refractivity contribution in [3.63, 3.8) is 0 Å². The minimum atomic E-state index is -0.625. The molecule has 0 aliphatic heterocycles. The van der Waals surface area contributed by atoms with Crippen LogP contribution in [0.1, 0.15) is 18.9 Å². The molecule has 0 bridgehead atoms. The Kier molecular flexibility index (Phi) is 3.19. The topological polar surface area (TPSA) is 100 Å². The number of furan rings is 1. The second-order valence-corrected chi connectivity index (χ2v) is 5.64. The van der Waals surface area contributed by atoms with Crippen molar-refractivity contribution < 1.29 is 13.3 Å². The third-order valence-corrected chi connectivity index (χ3v) is 4.06. The third kappa shape index (κ3) is 2.40. The molecular weight excluding hydrogens is 320 g/mol. The van der Waals surface area contributed by atoms with Gasteiger partial charge >= 0.3 is 5.76 Å². The molecule has 0 saturated carbocycles. The summed E-state index contributed by atoms with van der Waals surface area (Å²) in [6.07, 6.45) is 1.48. The summed E-state index contributed by atoms with van der Waals surface area (Å²) in [6.45, 7) is 1.72. The Balaban J connectivity index is 1.67. The Morgan fingerprint density at radius 3 is 2.83 bits per heavy atom. The van der Waals surface area contributed by atoms with Gasteiger partial charge in [0.05, 0.1) is 11.1 Å². The van der Waals surface area contributed by atoms with Gasteiger partial charge in [0.1, 0.15) is 6.04 Å². The molecule has 4 heterocycles. The van der Waals surface area contributed by atoms with Gasteiger partial charge in [0, 0.05) is 0 Å². The van der Waals surface area contributed by atoms with Crippen LogP contribution in [0.2, 0.25) is 0 Å². The SMILES string of the molecule is C[C@H](c1nnc(-c2cccs2)o1)n1nc(-c2ccco2)oc1=O. The van der Waals surface area contributed by atoms with Crippen LogP contribution in [0.25, 0.3) is 22.4 Å². The van der Waals surface area contributed by atoms with Gasteiger partial charge in [-0.15, -0.1) is 26.6 Å². The summed E-state index contributed by atoms with van der Waals surface area (Å²) in [5, 5.41) is 14.0. The Morgan fingerprint density at radius 2 is 2.09 bits per heavy atom. The lowest BCUT2D eigenvalue weighted by Gasteiger charge is -2.03. The van der Waals surface area contributed by atoms with Crippen molar-refractivity contribution in [2.45, 2.75) is 13.0 Å². The molecule has 0 unspecified atom stereocenters. The van der Waals surface area contributed by atoms with E-state index in [4.69, 9.17) is 13.3 Å². The molecule has 0 aliphatic rings. The van der Waals surface area contributed by atoms with Crippen LogP contribution in [-0.4, -0.2) is 20.0 Å². The van der Waals surface area contributed by atoms with Gasteiger partial charge in [-0.3, -0.25) is 0 Å².